The maximum Gasteiger partial charge on any atom is 2.00 e. The van der Waals surface area contributed by atoms with Crippen LogP contribution in [0.3, 0.4) is 0 Å². The molecule has 0 spiro atoms. The number of rotatable bonds is 0. The molecular formula is C31H37ClOZr-2. The monoisotopic (exact) mass is 550 g/mol. The molecule has 0 heterocycles. The number of fused-ring (bicyclic) bond motifs is 1. The second-order valence-corrected chi connectivity index (χ2v) is 10.4. The van der Waals surface area contributed by atoms with E-state index in [1.54, 1.807) is 6.07 Å². The summed E-state index contributed by atoms with van der Waals surface area (Å²) in [6.45, 7) is 16.9. The summed E-state index contributed by atoms with van der Waals surface area (Å²) in [5.74, 6) is 0.149. The smallest absolute Gasteiger partial charge is 1.00 e. The van der Waals surface area contributed by atoms with E-state index in [0.717, 1.165) is 5.56 Å². The molecular weight excluding hydrogens is 515 g/mol. The van der Waals surface area contributed by atoms with Crippen molar-refractivity contribution in [1.82, 2.24) is 0 Å². The van der Waals surface area contributed by atoms with Crippen molar-refractivity contribution < 1.29 is 43.7 Å². The maximum atomic E-state index is 11.7. The van der Waals surface area contributed by atoms with Crippen molar-refractivity contribution >= 4 is 10.8 Å². The summed E-state index contributed by atoms with van der Waals surface area (Å²) in [6.07, 6.45) is 9.10. The van der Waals surface area contributed by atoms with Gasteiger partial charge in [-0.2, -0.15) is 41.3 Å². The molecule has 0 aliphatic heterocycles. The Morgan fingerprint density at radius 2 is 1.53 bits per heavy atom. The molecule has 0 saturated carbocycles. The molecule has 180 valence electrons. The van der Waals surface area contributed by atoms with Gasteiger partial charge in [0.25, 0.3) is 0 Å². The van der Waals surface area contributed by atoms with Crippen LogP contribution in [0.5, 0.6) is 5.75 Å². The fraction of sp³-hybridized carbons (Fsp3) is 0.323. The summed E-state index contributed by atoms with van der Waals surface area (Å²) >= 11 is 0. The van der Waals surface area contributed by atoms with Gasteiger partial charge in [-0.25, -0.2) is 0 Å². The zero-order valence-corrected chi connectivity index (χ0v) is 25.0. The van der Waals surface area contributed by atoms with Crippen molar-refractivity contribution in [2.75, 3.05) is 0 Å². The fourth-order valence-corrected chi connectivity index (χ4v) is 3.29. The van der Waals surface area contributed by atoms with Crippen molar-refractivity contribution in [1.29, 1.82) is 0 Å². The molecule has 4 rings (SSSR count). The Balaban J connectivity index is 0.000000494. The Bertz CT molecular complexity index is 1070. The zero-order valence-electron chi connectivity index (χ0n) is 21.8. The molecule has 0 unspecified atom stereocenters. The maximum absolute atomic E-state index is 11.7. The van der Waals surface area contributed by atoms with Gasteiger partial charge in [-0.3, -0.25) is 0 Å². The first-order valence-corrected chi connectivity index (χ1v) is 11.3. The number of benzene rings is 2. The number of allylic oxidation sites excluding steroid dienone is 6. The minimum absolute atomic E-state index is 0. The molecule has 1 nitrogen and oxygen atoms in total. The van der Waals surface area contributed by atoms with E-state index in [1.807, 2.05) is 18.2 Å². The zero-order chi connectivity index (χ0) is 23.9. The molecule has 0 saturated heterocycles. The molecule has 1 aliphatic rings. The fourth-order valence-electron chi connectivity index (χ4n) is 3.29. The third-order valence-corrected chi connectivity index (χ3v) is 5.34. The van der Waals surface area contributed by atoms with Gasteiger partial charge in [0.15, 0.2) is 0 Å². The summed E-state index contributed by atoms with van der Waals surface area (Å²) in [7, 11) is 0. The molecule has 0 N–H and O–H groups in total. The second kappa shape index (κ2) is 14.0. The standard InChI is InChI=1S/C14H22O.C9H7.C8H9.ClH.Zr/c1-13(2,3)10-7-8-12(15)11(9-10)14(4,5)6;1-2-5-9-7-3-6-8(9)4-1;1-7(2)8-5-3-4-6-8;;/h7-9,15H,1-6H3;1-7H;3-5H,1-2H3;1H;/q;2*-1;;+2/p-2. The molecule has 0 bridgehead atoms. The van der Waals surface area contributed by atoms with Gasteiger partial charge in [0.1, 0.15) is 0 Å². The van der Waals surface area contributed by atoms with Crippen LogP contribution in [-0.2, 0) is 37.0 Å². The van der Waals surface area contributed by atoms with Crippen LogP contribution in [0.2, 0.25) is 0 Å². The molecule has 3 heteroatoms. The predicted molar refractivity (Wildman–Crippen MR) is 138 cm³/mol. The first kappa shape index (κ1) is 32.2. The van der Waals surface area contributed by atoms with E-state index in [1.165, 1.54) is 27.5 Å². The van der Waals surface area contributed by atoms with Gasteiger partial charge in [0, 0.05) is 0 Å². The molecule has 34 heavy (non-hydrogen) atoms. The average molecular weight is 552 g/mol. The van der Waals surface area contributed by atoms with Gasteiger partial charge in [0.2, 0.25) is 0 Å². The quantitative estimate of drug-likeness (QED) is 0.354. The molecule has 0 radical (unpaired) electrons. The summed E-state index contributed by atoms with van der Waals surface area (Å²) in [5.41, 5.74) is 4.73. The van der Waals surface area contributed by atoms with Crippen LogP contribution in [0.4, 0.5) is 0 Å². The molecule has 0 aromatic heterocycles. The third kappa shape index (κ3) is 9.85. The van der Waals surface area contributed by atoms with E-state index in [-0.39, 0.29) is 55.2 Å². The van der Waals surface area contributed by atoms with E-state index in [4.69, 9.17) is 0 Å². The Morgan fingerprint density at radius 3 is 2.00 bits per heavy atom. The van der Waals surface area contributed by atoms with Gasteiger partial charge in [-0.05, 0) is 16.4 Å². The Labute approximate surface area is 232 Å². The summed E-state index contributed by atoms with van der Waals surface area (Å²) in [4.78, 5) is 0. The summed E-state index contributed by atoms with van der Waals surface area (Å²) in [5, 5.41) is 14.4. The average Bonchev–Trinajstić information content (AvgIpc) is 3.39. The SMILES string of the molecule is CC(C)(C)c1ccc([O-])c(C(C)(C)C)c1.CC(C)=C1[C-]=CC=C1.[Cl-].[Zr+2].c1ccc2[cH-]ccc2c1. The van der Waals surface area contributed by atoms with Crippen LogP contribution < -0.4 is 17.5 Å². The normalized spacial score (nSPS) is 12.1. The van der Waals surface area contributed by atoms with Gasteiger partial charge in [-0.1, -0.05) is 85.2 Å². The van der Waals surface area contributed by atoms with E-state index in [2.05, 4.69) is 116 Å². The molecule has 3 aromatic rings. The van der Waals surface area contributed by atoms with Crippen LogP contribution >= 0.6 is 0 Å². The molecule has 0 fully saturated rings. The van der Waals surface area contributed by atoms with Crippen molar-refractivity contribution in [2.45, 2.75) is 66.2 Å². The van der Waals surface area contributed by atoms with Crippen molar-refractivity contribution in [3.63, 3.8) is 0 Å². The number of halogens is 1. The van der Waals surface area contributed by atoms with Gasteiger partial charge in [0.05, 0.1) is 0 Å². The summed E-state index contributed by atoms with van der Waals surface area (Å²) < 4.78 is 0. The Hall–Kier alpha value is -1.76. The Morgan fingerprint density at radius 1 is 0.882 bits per heavy atom. The van der Waals surface area contributed by atoms with Gasteiger partial charge < -0.3 is 17.5 Å². The van der Waals surface area contributed by atoms with E-state index < -0.39 is 0 Å². The Kier molecular flexibility index (Phi) is 13.2. The van der Waals surface area contributed by atoms with Gasteiger partial charge >= 0.3 is 26.2 Å². The first-order valence-electron chi connectivity index (χ1n) is 11.3. The van der Waals surface area contributed by atoms with Gasteiger partial charge in [-0.15, -0.1) is 47.1 Å². The molecule has 1 aliphatic carbocycles. The summed E-state index contributed by atoms with van der Waals surface area (Å²) in [6, 6.07) is 20.4. The van der Waals surface area contributed by atoms with E-state index >= 15 is 0 Å². The van der Waals surface area contributed by atoms with Crippen LogP contribution in [0.15, 0.2) is 90.0 Å². The minimum Gasteiger partial charge on any atom is -1.00 e. The van der Waals surface area contributed by atoms with E-state index in [0.29, 0.717) is 0 Å². The molecule has 0 atom stereocenters. The molecule has 3 aromatic carbocycles. The number of hydrogen-bond donors (Lipinski definition) is 0. The topological polar surface area (TPSA) is 23.1 Å². The van der Waals surface area contributed by atoms with Crippen LogP contribution in [0.25, 0.3) is 10.8 Å². The van der Waals surface area contributed by atoms with E-state index in [9.17, 15) is 5.11 Å². The van der Waals surface area contributed by atoms with Crippen LogP contribution in [0, 0.1) is 6.08 Å². The molecule has 0 amide bonds. The number of hydrogen-bond acceptors (Lipinski definition) is 1. The van der Waals surface area contributed by atoms with Crippen molar-refractivity contribution in [2.24, 2.45) is 0 Å². The van der Waals surface area contributed by atoms with Crippen molar-refractivity contribution in [3.05, 3.63) is 107 Å². The predicted octanol–water partition coefficient (Wildman–Crippen LogP) is 5.17. The third-order valence-electron chi connectivity index (χ3n) is 5.34. The first-order chi connectivity index (χ1) is 14.9. The largest absolute Gasteiger partial charge is 2.00 e. The minimum atomic E-state index is -0.0711. The van der Waals surface area contributed by atoms with Crippen LogP contribution in [0.1, 0.15) is 66.5 Å². The van der Waals surface area contributed by atoms with Crippen LogP contribution in [-0.4, -0.2) is 0 Å². The second-order valence-electron chi connectivity index (χ2n) is 10.4. The van der Waals surface area contributed by atoms with Crippen molar-refractivity contribution in [3.8, 4) is 5.75 Å².